The van der Waals surface area contributed by atoms with Gasteiger partial charge in [-0.25, -0.2) is 4.39 Å². The number of ketones is 1. The van der Waals surface area contributed by atoms with Crippen LogP contribution >= 0.6 is 0 Å². The Morgan fingerprint density at radius 1 is 1.21 bits per heavy atom. The van der Waals surface area contributed by atoms with Gasteiger partial charge in [0.1, 0.15) is 5.82 Å². The Morgan fingerprint density at radius 2 is 1.93 bits per heavy atom. The normalized spacial score (nSPS) is 16.6. The van der Waals surface area contributed by atoms with E-state index in [0.29, 0.717) is 18.7 Å². The Kier molecular flexibility index (Phi) is 2.41. The predicted octanol–water partition coefficient (Wildman–Crippen LogP) is 1.38. The SMILES string of the molecule is O=C1CNCC=C1c1ccc(F)cc1. The second kappa shape index (κ2) is 3.72. The van der Waals surface area contributed by atoms with Gasteiger partial charge in [-0.2, -0.15) is 0 Å². The molecule has 0 radical (unpaired) electrons. The highest BCUT2D eigenvalue weighted by Crippen LogP contribution is 2.17. The van der Waals surface area contributed by atoms with Crippen molar-refractivity contribution in [3.8, 4) is 0 Å². The van der Waals surface area contributed by atoms with Crippen LogP contribution in [-0.4, -0.2) is 18.9 Å². The van der Waals surface area contributed by atoms with Gasteiger partial charge in [-0.15, -0.1) is 0 Å². The lowest BCUT2D eigenvalue weighted by molar-refractivity contribution is -0.113. The van der Waals surface area contributed by atoms with Crippen LogP contribution in [0.5, 0.6) is 0 Å². The Bertz CT molecular complexity index is 381. The van der Waals surface area contributed by atoms with E-state index >= 15 is 0 Å². The maximum absolute atomic E-state index is 12.6. The van der Waals surface area contributed by atoms with Crippen LogP contribution in [0.4, 0.5) is 4.39 Å². The minimum Gasteiger partial charge on any atom is -0.306 e. The zero-order valence-corrected chi connectivity index (χ0v) is 7.59. The van der Waals surface area contributed by atoms with Crippen molar-refractivity contribution in [3.05, 3.63) is 41.7 Å². The summed E-state index contributed by atoms with van der Waals surface area (Å²) in [6, 6.07) is 5.99. The molecule has 0 saturated carbocycles. The lowest BCUT2D eigenvalue weighted by Gasteiger charge is -2.12. The Balaban J connectivity index is 2.34. The van der Waals surface area contributed by atoms with Crippen molar-refractivity contribution in [2.24, 2.45) is 0 Å². The van der Waals surface area contributed by atoms with Crippen molar-refractivity contribution in [1.82, 2.24) is 5.32 Å². The molecule has 14 heavy (non-hydrogen) atoms. The molecule has 1 aromatic rings. The molecule has 0 amide bonds. The van der Waals surface area contributed by atoms with E-state index in [1.54, 1.807) is 12.1 Å². The molecule has 0 unspecified atom stereocenters. The fourth-order valence-corrected chi connectivity index (χ4v) is 1.48. The molecule has 0 aliphatic carbocycles. The van der Waals surface area contributed by atoms with Crippen molar-refractivity contribution in [2.75, 3.05) is 13.1 Å². The van der Waals surface area contributed by atoms with Gasteiger partial charge >= 0.3 is 0 Å². The monoisotopic (exact) mass is 191 g/mol. The van der Waals surface area contributed by atoms with Gasteiger partial charge in [0.25, 0.3) is 0 Å². The van der Waals surface area contributed by atoms with E-state index in [-0.39, 0.29) is 11.6 Å². The van der Waals surface area contributed by atoms with Gasteiger partial charge in [0.15, 0.2) is 5.78 Å². The molecule has 2 rings (SSSR count). The highest BCUT2D eigenvalue weighted by molar-refractivity contribution is 6.22. The second-order valence-electron chi connectivity index (χ2n) is 3.18. The summed E-state index contributed by atoms with van der Waals surface area (Å²) in [5.74, 6) is -0.224. The number of rotatable bonds is 1. The fraction of sp³-hybridized carbons (Fsp3) is 0.182. The van der Waals surface area contributed by atoms with Crippen LogP contribution in [0.15, 0.2) is 30.3 Å². The van der Waals surface area contributed by atoms with Gasteiger partial charge in [-0.3, -0.25) is 4.79 Å². The molecule has 1 heterocycles. The molecule has 1 aliphatic rings. The van der Waals surface area contributed by atoms with E-state index in [4.69, 9.17) is 0 Å². The van der Waals surface area contributed by atoms with Crippen LogP contribution in [0.25, 0.3) is 5.57 Å². The largest absolute Gasteiger partial charge is 0.306 e. The van der Waals surface area contributed by atoms with E-state index in [1.165, 1.54) is 12.1 Å². The van der Waals surface area contributed by atoms with Crippen LogP contribution in [0.3, 0.4) is 0 Å². The zero-order chi connectivity index (χ0) is 9.97. The smallest absolute Gasteiger partial charge is 0.176 e. The Labute approximate surface area is 81.4 Å². The zero-order valence-electron chi connectivity index (χ0n) is 7.59. The molecule has 0 bridgehead atoms. The highest BCUT2D eigenvalue weighted by atomic mass is 19.1. The number of carbonyl (C=O) groups excluding carboxylic acids is 1. The topological polar surface area (TPSA) is 29.1 Å². The maximum Gasteiger partial charge on any atom is 0.176 e. The minimum absolute atomic E-state index is 0.0582. The van der Waals surface area contributed by atoms with Crippen molar-refractivity contribution in [3.63, 3.8) is 0 Å². The van der Waals surface area contributed by atoms with Gasteiger partial charge < -0.3 is 5.32 Å². The number of halogens is 1. The van der Waals surface area contributed by atoms with Crippen LogP contribution in [0.2, 0.25) is 0 Å². The summed E-state index contributed by atoms with van der Waals surface area (Å²) in [7, 11) is 0. The van der Waals surface area contributed by atoms with Crippen molar-refractivity contribution in [1.29, 1.82) is 0 Å². The summed E-state index contributed by atoms with van der Waals surface area (Å²) >= 11 is 0. The van der Waals surface area contributed by atoms with Gasteiger partial charge in [0.05, 0.1) is 6.54 Å². The molecular weight excluding hydrogens is 181 g/mol. The van der Waals surface area contributed by atoms with Crippen LogP contribution in [0, 0.1) is 5.82 Å². The Hall–Kier alpha value is -1.48. The van der Waals surface area contributed by atoms with Gasteiger partial charge in [0, 0.05) is 12.1 Å². The number of hydrogen-bond acceptors (Lipinski definition) is 2. The first kappa shape index (κ1) is 9.09. The average molecular weight is 191 g/mol. The van der Waals surface area contributed by atoms with Crippen LogP contribution < -0.4 is 5.32 Å². The molecule has 1 N–H and O–H groups in total. The Morgan fingerprint density at radius 3 is 2.57 bits per heavy atom. The van der Waals surface area contributed by atoms with E-state index in [1.807, 2.05) is 6.08 Å². The molecule has 72 valence electrons. The third kappa shape index (κ3) is 1.72. The molecule has 0 spiro atoms. The lowest BCUT2D eigenvalue weighted by Crippen LogP contribution is -2.28. The van der Waals surface area contributed by atoms with E-state index in [0.717, 1.165) is 5.56 Å². The van der Waals surface area contributed by atoms with Gasteiger partial charge in [-0.1, -0.05) is 18.2 Å². The summed E-state index contributed by atoms with van der Waals surface area (Å²) in [6.07, 6.45) is 1.83. The predicted molar refractivity (Wildman–Crippen MR) is 52.3 cm³/mol. The van der Waals surface area contributed by atoms with Crippen LogP contribution in [0.1, 0.15) is 5.56 Å². The first-order valence-electron chi connectivity index (χ1n) is 4.47. The third-order valence-corrected chi connectivity index (χ3v) is 2.19. The van der Waals surface area contributed by atoms with Crippen molar-refractivity contribution < 1.29 is 9.18 Å². The molecule has 1 aliphatic heterocycles. The molecule has 0 atom stereocenters. The molecular formula is C11H10FNO. The second-order valence-corrected chi connectivity index (χ2v) is 3.18. The molecule has 3 heteroatoms. The number of carbonyl (C=O) groups is 1. The summed E-state index contributed by atoms with van der Waals surface area (Å²) in [5.41, 5.74) is 1.47. The first-order chi connectivity index (χ1) is 6.77. The summed E-state index contributed by atoms with van der Waals surface area (Å²) in [6.45, 7) is 1.06. The molecule has 0 saturated heterocycles. The standard InChI is InChI=1S/C11H10FNO/c12-9-3-1-8(2-4-9)10-5-6-13-7-11(10)14/h1-5,13H,6-7H2. The summed E-state index contributed by atoms with van der Waals surface area (Å²) in [5, 5.41) is 2.95. The van der Waals surface area contributed by atoms with Crippen molar-refractivity contribution >= 4 is 11.4 Å². The maximum atomic E-state index is 12.6. The number of benzene rings is 1. The average Bonchev–Trinajstić information content (AvgIpc) is 2.20. The van der Waals surface area contributed by atoms with E-state index < -0.39 is 0 Å². The van der Waals surface area contributed by atoms with Gasteiger partial charge in [0.2, 0.25) is 0 Å². The molecule has 2 nitrogen and oxygen atoms in total. The van der Waals surface area contributed by atoms with Crippen molar-refractivity contribution in [2.45, 2.75) is 0 Å². The molecule has 0 aromatic heterocycles. The quantitative estimate of drug-likeness (QED) is 0.726. The third-order valence-electron chi connectivity index (χ3n) is 2.19. The lowest BCUT2D eigenvalue weighted by atomic mass is 9.99. The van der Waals surface area contributed by atoms with Crippen LogP contribution in [-0.2, 0) is 4.79 Å². The minimum atomic E-state index is -0.282. The molecule has 1 aromatic carbocycles. The summed E-state index contributed by atoms with van der Waals surface area (Å²) < 4.78 is 12.6. The highest BCUT2D eigenvalue weighted by Gasteiger charge is 2.14. The molecule has 0 fully saturated rings. The first-order valence-corrected chi connectivity index (χ1v) is 4.47. The van der Waals surface area contributed by atoms with E-state index in [9.17, 15) is 9.18 Å². The number of Topliss-reactive ketones (excluding diaryl/α,β-unsaturated/α-hetero) is 1. The van der Waals surface area contributed by atoms with E-state index in [2.05, 4.69) is 5.32 Å². The van der Waals surface area contributed by atoms with Gasteiger partial charge in [-0.05, 0) is 17.7 Å². The number of hydrogen-bond donors (Lipinski definition) is 1. The number of nitrogens with one attached hydrogen (secondary N) is 1. The summed E-state index contributed by atoms with van der Waals surface area (Å²) in [4.78, 5) is 11.5. The fourth-order valence-electron chi connectivity index (χ4n) is 1.48.